The van der Waals surface area contributed by atoms with E-state index >= 15 is 0 Å². The molecule has 0 spiro atoms. The van der Waals surface area contributed by atoms with E-state index in [9.17, 15) is 18.0 Å². The maximum absolute atomic E-state index is 13.2. The van der Waals surface area contributed by atoms with Crippen LogP contribution in [0.3, 0.4) is 0 Å². The van der Waals surface area contributed by atoms with E-state index in [1.54, 1.807) is 32.1 Å². The average molecular weight is 405 g/mol. The highest BCUT2D eigenvalue weighted by molar-refractivity contribution is 7.89. The van der Waals surface area contributed by atoms with Crippen molar-refractivity contribution in [1.29, 1.82) is 0 Å². The van der Waals surface area contributed by atoms with Crippen molar-refractivity contribution in [2.45, 2.75) is 38.1 Å². The molecule has 2 aliphatic rings. The van der Waals surface area contributed by atoms with E-state index in [2.05, 4.69) is 0 Å². The van der Waals surface area contributed by atoms with Gasteiger partial charge in [0.25, 0.3) is 10.0 Å². The predicted octanol–water partition coefficient (Wildman–Crippen LogP) is 2.32. The third-order valence-corrected chi connectivity index (χ3v) is 6.63. The SMILES string of the molecule is CCOC(=O)C1=C(C(=O)OCC)[C@@H]2C[C@H]1C=CN2S(=O)(=O)c1ccc(C)cc1. The van der Waals surface area contributed by atoms with Crippen LogP contribution in [-0.2, 0) is 29.1 Å². The second kappa shape index (κ2) is 7.79. The Morgan fingerprint density at radius 2 is 1.61 bits per heavy atom. The highest BCUT2D eigenvalue weighted by Crippen LogP contribution is 2.43. The first kappa shape index (κ1) is 20.1. The number of hydrogen-bond acceptors (Lipinski definition) is 6. The smallest absolute Gasteiger partial charge is 0.336 e. The van der Waals surface area contributed by atoms with E-state index in [1.165, 1.54) is 18.3 Å². The van der Waals surface area contributed by atoms with Crippen LogP contribution in [-0.4, -0.2) is 43.9 Å². The van der Waals surface area contributed by atoms with E-state index in [4.69, 9.17) is 9.47 Å². The van der Waals surface area contributed by atoms with Gasteiger partial charge in [0.1, 0.15) is 0 Å². The van der Waals surface area contributed by atoms with Crippen LogP contribution in [0.2, 0.25) is 0 Å². The molecule has 0 aromatic heterocycles. The molecular formula is C20H23NO6S. The Morgan fingerprint density at radius 3 is 2.18 bits per heavy atom. The van der Waals surface area contributed by atoms with E-state index in [-0.39, 0.29) is 35.2 Å². The molecule has 3 rings (SSSR count). The molecule has 2 bridgehead atoms. The number of ether oxygens (including phenoxy) is 2. The van der Waals surface area contributed by atoms with Crippen molar-refractivity contribution in [3.05, 3.63) is 53.3 Å². The number of nitrogens with zero attached hydrogens (tertiary/aromatic N) is 1. The van der Waals surface area contributed by atoms with Gasteiger partial charge in [-0.15, -0.1) is 0 Å². The lowest BCUT2D eigenvalue weighted by Crippen LogP contribution is -2.39. The minimum Gasteiger partial charge on any atom is -0.463 e. The van der Waals surface area contributed by atoms with Gasteiger partial charge in [-0.2, -0.15) is 0 Å². The Hall–Kier alpha value is -2.61. The molecule has 0 saturated carbocycles. The van der Waals surface area contributed by atoms with Gasteiger partial charge in [0.15, 0.2) is 0 Å². The molecular weight excluding hydrogens is 382 g/mol. The molecule has 0 N–H and O–H groups in total. The van der Waals surface area contributed by atoms with Crippen LogP contribution >= 0.6 is 0 Å². The summed E-state index contributed by atoms with van der Waals surface area (Å²) in [5.41, 5.74) is 1.18. The topological polar surface area (TPSA) is 90.0 Å². The Balaban J connectivity index is 2.07. The molecule has 1 heterocycles. The van der Waals surface area contributed by atoms with Gasteiger partial charge in [0, 0.05) is 12.1 Å². The van der Waals surface area contributed by atoms with E-state index in [1.807, 2.05) is 6.92 Å². The number of carbonyl (C=O) groups excluding carboxylic acids is 2. The molecule has 0 fully saturated rings. The molecule has 7 nitrogen and oxygen atoms in total. The van der Waals surface area contributed by atoms with Crippen molar-refractivity contribution in [2.24, 2.45) is 5.92 Å². The fourth-order valence-corrected chi connectivity index (χ4v) is 5.04. The number of rotatable bonds is 6. The van der Waals surface area contributed by atoms with Gasteiger partial charge in [0.2, 0.25) is 0 Å². The molecule has 0 radical (unpaired) electrons. The fraction of sp³-hybridized carbons (Fsp3) is 0.400. The summed E-state index contributed by atoms with van der Waals surface area (Å²) >= 11 is 0. The van der Waals surface area contributed by atoms with Crippen molar-refractivity contribution >= 4 is 22.0 Å². The first-order valence-electron chi connectivity index (χ1n) is 9.18. The minimum atomic E-state index is -3.90. The van der Waals surface area contributed by atoms with Crippen molar-refractivity contribution < 1.29 is 27.5 Å². The summed E-state index contributed by atoms with van der Waals surface area (Å²) in [7, 11) is -3.90. The Bertz CT molecular complexity index is 945. The zero-order valence-corrected chi connectivity index (χ0v) is 16.9. The highest BCUT2D eigenvalue weighted by Gasteiger charge is 2.48. The van der Waals surface area contributed by atoms with Gasteiger partial charge in [0.05, 0.1) is 35.3 Å². The molecule has 150 valence electrons. The number of aryl methyl sites for hydroxylation is 1. The zero-order valence-electron chi connectivity index (χ0n) is 16.0. The summed E-state index contributed by atoms with van der Waals surface area (Å²) in [5.74, 6) is -1.68. The lowest BCUT2D eigenvalue weighted by atomic mass is 9.99. The van der Waals surface area contributed by atoms with Crippen molar-refractivity contribution in [3.8, 4) is 0 Å². The van der Waals surface area contributed by atoms with E-state index in [0.717, 1.165) is 9.87 Å². The molecule has 2 atom stereocenters. The van der Waals surface area contributed by atoms with Gasteiger partial charge in [-0.3, -0.25) is 4.31 Å². The molecule has 0 saturated heterocycles. The number of esters is 2. The van der Waals surface area contributed by atoms with Gasteiger partial charge in [-0.25, -0.2) is 18.0 Å². The number of sulfonamides is 1. The summed E-state index contributed by atoms with van der Waals surface area (Å²) in [6, 6.07) is 5.67. The predicted molar refractivity (Wildman–Crippen MR) is 102 cm³/mol. The number of carbonyl (C=O) groups is 2. The fourth-order valence-electron chi connectivity index (χ4n) is 3.56. The maximum Gasteiger partial charge on any atom is 0.336 e. The summed E-state index contributed by atoms with van der Waals surface area (Å²) < 4.78 is 37.8. The van der Waals surface area contributed by atoms with E-state index < -0.39 is 28.0 Å². The maximum atomic E-state index is 13.2. The molecule has 8 heteroatoms. The van der Waals surface area contributed by atoms with E-state index in [0.29, 0.717) is 6.42 Å². The lowest BCUT2D eigenvalue weighted by Gasteiger charge is -2.31. The first-order valence-corrected chi connectivity index (χ1v) is 10.6. The number of benzene rings is 1. The van der Waals surface area contributed by atoms with Crippen molar-refractivity contribution in [1.82, 2.24) is 4.31 Å². The minimum absolute atomic E-state index is 0.0611. The van der Waals surface area contributed by atoms with Crippen molar-refractivity contribution in [2.75, 3.05) is 13.2 Å². The van der Waals surface area contributed by atoms with Crippen LogP contribution in [0.15, 0.2) is 52.6 Å². The first-order chi connectivity index (χ1) is 13.3. The third kappa shape index (κ3) is 3.44. The normalized spacial score (nSPS) is 21.0. The second-order valence-corrected chi connectivity index (χ2v) is 8.46. The van der Waals surface area contributed by atoms with Crippen LogP contribution in [0.1, 0.15) is 25.8 Å². The highest BCUT2D eigenvalue weighted by atomic mass is 32.2. The summed E-state index contributed by atoms with van der Waals surface area (Å²) in [5, 5.41) is 0. The Kier molecular flexibility index (Phi) is 5.60. The summed E-state index contributed by atoms with van der Waals surface area (Å²) in [6.45, 7) is 5.47. The third-order valence-electron chi connectivity index (χ3n) is 4.83. The monoisotopic (exact) mass is 405 g/mol. The summed E-state index contributed by atoms with van der Waals surface area (Å²) in [6.07, 6.45) is 3.35. The van der Waals surface area contributed by atoms with Gasteiger partial charge >= 0.3 is 11.9 Å². The molecule has 1 aromatic rings. The molecule has 0 unspecified atom stereocenters. The van der Waals surface area contributed by atoms with Crippen LogP contribution in [0.4, 0.5) is 0 Å². The number of allylic oxidation sites excluding steroid dienone is 1. The molecule has 1 aliphatic heterocycles. The van der Waals surface area contributed by atoms with Crippen LogP contribution in [0.25, 0.3) is 0 Å². The van der Waals surface area contributed by atoms with Gasteiger partial charge in [-0.05, 0) is 39.3 Å². The van der Waals surface area contributed by atoms with Crippen LogP contribution in [0, 0.1) is 12.8 Å². The van der Waals surface area contributed by atoms with Crippen molar-refractivity contribution in [3.63, 3.8) is 0 Å². The molecule has 1 aliphatic carbocycles. The number of fused-ring (bicyclic) bond motifs is 2. The standard InChI is InChI=1S/C20H23NO6S/c1-4-26-19(22)17-14-10-11-21(16(12-14)18(17)20(23)27-5-2)28(24,25)15-8-6-13(3)7-9-15/h6-11,14,16H,4-5,12H2,1-3H3/t14-,16+/m1/s1. The largest absolute Gasteiger partial charge is 0.463 e. The quantitative estimate of drug-likeness (QED) is 0.675. The van der Waals surface area contributed by atoms with Gasteiger partial charge in [-0.1, -0.05) is 23.8 Å². The Morgan fingerprint density at radius 1 is 1.04 bits per heavy atom. The zero-order chi connectivity index (χ0) is 20.5. The molecule has 1 aromatic carbocycles. The second-order valence-electron chi connectivity index (χ2n) is 6.62. The lowest BCUT2D eigenvalue weighted by molar-refractivity contribution is -0.142. The summed E-state index contributed by atoms with van der Waals surface area (Å²) in [4.78, 5) is 25.2. The molecule has 0 amide bonds. The van der Waals surface area contributed by atoms with Crippen LogP contribution < -0.4 is 0 Å². The average Bonchev–Trinajstić information content (AvgIpc) is 2.94. The van der Waals surface area contributed by atoms with Crippen LogP contribution in [0.5, 0.6) is 0 Å². The van der Waals surface area contributed by atoms with Gasteiger partial charge < -0.3 is 9.47 Å². The Labute approximate surface area is 164 Å². The molecule has 28 heavy (non-hydrogen) atoms. The number of hydrogen-bond donors (Lipinski definition) is 0.